The fourth-order valence-corrected chi connectivity index (χ4v) is 4.20. The fraction of sp³-hybridized carbons (Fsp3) is 0.350. The first kappa shape index (κ1) is 25.6. The molecule has 1 atom stereocenters. The number of likely N-dealkylation sites (N-methyl/N-ethyl adjacent to an activating group) is 1. The lowest BCUT2D eigenvalue weighted by molar-refractivity contribution is -0.384. The number of hydrogen-bond acceptors (Lipinski definition) is 8. The zero-order chi connectivity index (χ0) is 23.7. The third-order valence-corrected chi connectivity index (χ3v) is 6.17. The molecule has 0 aliphatic carbocycles. The van der Waals surface area contributed by atoms with Gasteiger partial charge in [-0.3, -0.25) is 19.7 Å². The van der Waals surface area contributed by atoms with E-state index < -0.39 is 35.4 Å². The van der Waals surface area contributed by atoms with E-state index in [4.69, 9.17) is 16.3 Å². The molecule has 0 unspecified atom stereocenters. The Morgan fingerprint density at radius 1 is 1.31 bits per heavy atom. The lowest BCUT2D eigenvalue weighted by Gasteiger charge is -2.19. The van der Waals surface area contributed by atoms with Crippen LogP contribution in [-0.2, 0) is 20.9 Å². The number of thiophene rings is 1. The average Bonchev–Trinajstić information content (AvgIpc) is 3.18. The van der Waals surface area contributed by atoms with Gasteiger partial charge in [-0.2, -0.15) is 11.8 Å². The van der Waals surface area contributed by atoms with Gasteiger partial charge in [0.05, 0.1) is 15.8 Å². The monoisotopic (exact) mass is 499 g/mol. The summed E-state index contributed by atoms with van der Waals surface area (Å²) in [6.45, 7) is -0.149. The minimum absolute atomic E-state index is 0.0477. The lowest BCUT2D eigenvalue weighted by atomic mass is 10.1. The molecule has 172 valence electrons. The van der Waals surface area contributed by atoms with Crippen LogP contribution in [-0.4, -0.2) is 59.3 Å². The van der Waals surface area contributed by atoms with Gasteiger partial charge in [-0.05, 0) is 36.6 Å². The minimum atomic E-state index is -0.997. The van der Waals surface area contributed by atoms with Crippen LogP contribution < -0.4 is 5.32 Å². The van der Waals surface area contributed by atoms with Crippen LogP contribution in [0.4, 0.5) is 5.69 Å². The molecular formula is C20H22ClN3O6S2. The first-order valence-electron chi connectivity index (χ1n) is 9.40. The second-order valence-corrected chi connectivity index (χ2v) is 9.46. The number of thioether (sulfide) groups is 1. The molecule has 0 saturated carbocycles. The van der Waals surface area contributed by atoms with Gasteiger partial charge < -0.3 is 15.0 Å². The summed E-state index contributed by atoms with van der Waals surface area (Å²) in [5.41, 5.74) is -0.187. The van der Waals surface area contributed by atoms with E-state index in [1.165, 1.54) is 46.2 Å². The highest BCUT2D eigenvalue weighted by atomic mass is 35.5. The van der Waals surface area contributed by atoms with Gasteiger partial charge >= 0.3 is 5.97 Å². The summed E-state index contributed by atoms with van der Waals surface area (Å²) < 4.78 is 5.76. The molecule has 0 aliphatic rings. The smallest absolute Gasteiger partial charge is 0.329 e. The van der Waals surface area contributed by atoms with E-state index in [1.54, 1.807) is 13.1 Å². The number of nitro groups is 1. The largest absolute Gasteiger partial charge is 0.454 e. The number of nitrogens with one attached hydrogen (secondary N) is 1. The second-order valence-electron chi connectivity index (χ2n) is 6.68. The van der Waals surface area contributed by atoms with Crippen LogP contribution in [0.15, 0.2) is 36.4 Å². The first-order valence-corrected chi connectivity index (χ1v) is 12.0. The van der Waals surface area contributed by atoms with Crippen molar-refractivity contribution in [3.63, 3.8) is 0 Å². The Morgan fingerprint density at radius 3 is 2.69 bits per heavy atom. The number of non-ortho nitro benzene ring substituents is 1. The Kier molecular flexibility index (Phi) is 9.95. The third kappa shape index (κ3) is 7.81. The Labute approximate surface area is 198 Å². The minimum Gasteiger partial charge on any atom is -0.454 e. The maximum Gasteiger partial charge on any atom is 0.329 e. The number of rotatable bonds is 11. The number of carbonyl (C=O) groups excluding carboxylic acids is 3. The third-order valence-electron chi connectivity index (χ3n) is 4.31. The van der Waals surface area contributed by atoms with Gasteiger partial charge in [-0.25, -0.2) is 4.79 Å². The van der Waals surface area contributed by atoms with E-state index in [2.05, 4.69) is 5.32 Å². The van der Waals surface area contributed by atoms with Gasteiger partial charge in [0.1, 0.15) is 6.04 Å². The summed E-state index contributed by atoms with van der Waals surface area (Å²) in [5, 5.41) is 13.5. The molecule has 1 N–H and O–H groups in total. The van der Waals surface area contributed by atoms with Crippen molar-refractivity contribution in [1.29, 1.82) is 0 Å². The standard InChI is InChI=1S/C20H22ClN3O6S2/c1-23(11-15-6-7-17(21)32-15)18(25)12-30-20(27)16(8-9-31-2)22-19(26)13-4-3-5-14(10-13)24(28)29/h3-7,10,16H,8-9,11-12H2,1-2H3,(H,22,26)/t16-/m0/s1. The van der Waals surface area contributed by atoms with Gasteiger partial charge in [0.25, 0.3) is 17.5 Å². The van der Waals surface area contributed by atoms with Gasteiger partial charge in [0.15, 0.2) is 6.61 Å². The van der Waals surface area contributed by atoms with Gasteiger partial charge in [-0.1, -0.05) is 17.7 Å². The maximum absolute atomic E-state index is 12.5. The second kappa shape index (κ2) is 12.4. The van der Waals surface area contributed by atoms with Crippen LogP contribution in [0.2, 0.25) is 4.34 Å². The van der Waals surface area contributed by atoms with Crippen molar-refractivity contribution in [3.8, 4) is 0 Å². The van der Waals surface area contributed by atoms with Crippen molar-refractivity contribution in [1.82, 2.24) is 10.2 Å². The van der Waals surface area contributed by atoms with E-state index in [1.807, 2.05) is 12.3 Å². The average molecular weight is 500 g/mol. The first-order chi connectivity index (χ1) is 15.2. The topological polar surface area (TPSA) is 119 Å². The molecule has 9 nitrogen and oxygen atoms in total. The molecule has 0 spiro atoms. The van der Waals surface area contributed by atoms with E-state index in [9.17, 15) is 24.5 Å². The molecule has 0 bridgehead atoms. The zero-order valence-corrected chi connectivity index (χ0v) is 19.8. The molecule has 12 heteroatoms. The SMILES string of the molecule is CSCC[C@H](NC(=O)c1cccc([N+](=O)[O-])c1)C(=O)OCC(=O)N(C)Cc1ccc(Cl)s1. The van der Waals surface area contributed by atoms with Crippen molar-refractivity contribution in [2.24, 2.45) is 0 Å². The summed E-state index contributed by atoms with van der Waals surface area (Å²) in [4.78, 5) is 50.0. The van der Waals surface area contributed by atoms with E-state index in [0.717, 1.165) is 10.9 Å². The van der Waals surface area contributed by atoms with Crippen LogP contribution in [0.25, 0.3) is 0 Å². The number of esters is 1. The Morgan fingerprint density at radius 2 is 2.06 bits per heavy atom. The fourth-order valence-electron chi connectivity index (χ4n) is 2.59. The molecule has 0 aliphatic heterocycles. The van der Waals surface area contributed by atoms with Gasteiger partial charge in [0.2, 0.25) is 0 Å². The van der Waals surface area contributed by atoms with E-state index in [-0.39, 0.29) is 17.7 Å². The summed E-state index contributed by atoms with van der Waals surface area (Å²) in [5.74, 6) is -1.24. The maximum atomic E-state index is 12.5. The molecule has 0 fully saturated rings. The van der Waals surface area contributed by atoms with E-state index in [0.29, 0.717) is 16.6 Å². The molecule has 1 heterocycles. The highest BCUT2D eigenvalue weighted by Crippen LogP contribution is 2.22. The summed E-state index contributed by atoms with van der Waals surface area (Å²) in [6.07, 6.45) is 2.12. The molecule has 2 amide bonds. The summed E-state index contributed by atoms with van der Waals surface area (Å²) in [7, 11) is 1.58. The molecule has 0 saturated heterocycles. The lowest BCUT2D eigenvalue weighted by Crippen LogP contribution is -2.43. The highest BCUT2D eigenvalue weighted by Gasteiger charge is 2.24. The molecule has 0 radical (unpaired) electrons. The van der Waals surface area contributed by atoms with Crippen LogP contribution in [0.5, 0.6) is 0 Å². The van der Waals surface area contributed by atoms with Crippen LogP contribution in [0.1, 0.15) is 21.7 Å². The van der Waals surface area contributed by atoms with Crippen molar-refractivity contribution in [2.75, 3.05) is 25.7 Å². The number of hydrogen-bond donors (Lipinski definition) is 1. The van der Waals surface area contributed by atoms with Crippen molar-refractivity contribution >= 4 is 58.2 Å². The molecule has 1 aromatic heterocycles. The number of ether oxygens (including phenoxy) is 1. The molecule has 1 aromatic carbocycles. The number of benzene rings is 1. The normalized spacial score (nSPS) is 11.5. The Bertz CT molecular complexity index is 984. The predicted octanol–water partition coefficient (Wildman–Crippen LogP) is 3.36. The predicted molar refractivity (Wildman–Crippen MR) is 124 cm³/mol. The van der Waals surface area contributed by atoms with Crippen LogP contribution in [0, 0.1) is 10.1 Å². The Balaban J connectivity index is 1.96. The molecule has 2 rings (SSSR count). The van der Waals surface area contributed by atoms with Crippen molar-refractivity contribution in [2.45, 2.75) is 19.0 Å². The Hall–Kier alpha value is -2.63. The van der Waals surface area contributed by atoms with Crippen LogP contribution >= 0.6 is 34.7 Å². The quantitative estimate of drug-likeness (QED) is 0.286. The number of halogens is 1. The number of carbonyl (C=O) groups is 3. The number of nitrogens with zero attached hydrogens (tertiary/aromatic N) is 2. The van der Waals surface area contributed by atoms with Gasteiger partial charge in [0, 0.05) is 29.6 Å². The van der Waals surface area contributed by atoms with Crippen molar-refractivity contribution in [3.05, 3.63) is 61.3 Å². The molecular weight excluding hydrogens is 478 g/mol. The van der Waals surface area contributed by atoms with E-state index >= 15 is 0 Å². The number of amides is 2. The summed E-state index contributed by atoms with van der Waals surface area (Å²) in [6, 6.07) is 7.74. The summed E-state index contributed by atoms with van der Waals surface area (Å²) >= 11 is 8.72. The number of nitro benzene ring substituents is 1. The van der Waals surface area contributed by atoms with Crippen molar-refractivity contribution < 1.29 is 24.0 Å². The highest BCUT2D eigenvalue weighted by molar-refractivity contribution is 7.98. The van der Waals surface area contributed by atoms with Gasteiger partial charge in [-0.15, -0.1) is 11.3 Å². The molecule has 32 heavy (non-hydrogen) atoms. The molecule has 2 aromatic rings. The zero-order valence-electron chi connectivity index (χ0n) is 17.4. The van der Waals surface area contributed by atoms with Crippen LogP contribution in [0.3, 0.4) is 0 Å².